The van der Waals surface area contributed by atoms with Gasteiger partial charge >= 0.3 is 0 Å². The highest BCUT2D eigenvalue weighted by Gasteiger charge is 2.23. The Kier molecular flexibility index (Phi) is 3.79. The van der Waals surface area contributed by atoms with Crippen molar-refractivity contribution in [1.82, 2.24) is 19.7 Å². The Morgan fingerprint density at radius 1 is 1.55 bits per heavy atom. The van der Waals surface area contributed by atoms with Crippen molar-refractivity contribution in [3.63, 3.8) is 0 Å². The summed E-state index contributed by atoms with van der Waals surface area (Å²) in [6.07, 6.45) is 5.67. The van der Waals surface area contributed by atoms with Crippen LogP contribution < -0.4 is 5.32 Å². The molecule has 7 nitrogen and oxygen atoms in total. The fraction of sp³-hybridized carbons (Fsp3) is 0.615. The minimum atomic E-state index is 0.0376. The number of rotatable bonds is 5. The van der Waals surface area contributed by atoms with E-state index in [1.807, 2.05) is 0 Å². The first-order chi connectivity index (χ1) is 9.79. The minimum Gasteiger partial charge on any atom is -0.394 e. The Hall–Kier alpha value is -1.73. The summed E-state index contributed by atoms with van der Waals surface area (Å²) in [7, 11) is 0. The summed E-state index contributed by atoms with van der Waals surface area (Å²) in [5, 5.41) is 17.5. The summed E-state index contributed by atoms with van der Waals surface area (Å²) >= 11 is 0. The molecule has 0 bridgehead atoms. The molecule has 0 saturated carbocycles. The van der Waals surface area contributed by atoms with Gasteiger partial charge in [0.2, 0.25) is 0 Å². The van der Waals surface area contributed by atoms with Gasteiger partial charge in [0.15, 0.2) is 5.65 Å². The van der Waals surface area contributed by atoms with E-state index < -0.39 is 0 Å². The lowest BCUT2D eigenvalue weighted by Crippen LogP contribution is -2.30. The predicted molar refractivity (Wildman–Crippen MR) is 74.5 cm³/mol. The van der Waals surface area contributed by atoms with Gasteiger partial charge in [-0.1, -0.05) is 0 Å². The zero-order valence-corrected chi connectivity index (χ0v) is 11.5. The number of hydrogen-bond acceptors (Lipinski definition) is 6. The van der Waals surface area contributed by atoms with Crippen molar-refractivity contribution < 1.29 is 9.84 Å². The highest BCUT2D eigenvalue weighted by Crippen LogP contribution is 2.22. The molecule has 2 aromatic heterocycles. The number of aliphatic hydroxyl groups is 1. The van der Waals surface area contributed by atoms with Gasteiger partial charge in [0.05, 0.1) is 36.9 Å². The van der Waals surface area contributed by atoms with E-state index in [-0.39, 0.29) is 18.8 Å². The summed E-state index contributed by atoms with van der Waals surface area (Å²) in [5.41, 5.74) is 0.732. The van der Waals surface area contributed by atoms with E-state index in [0.29, 0.717) is 6.54 Å². The summed E-state index contributed by atoms with van der Waals surface area (Å²) in [4.78, 5) is 8.53. The van der Waals surface area contributed by atoms with Crippen molar-refractivity contribution in [2.24, 2.45) is 0 Å². The SMILES string of the molecule is CC(Nc1ncnc2c1cnn2CCO)C1CCCO1. The third-order valence-electron chi connectivity index (χ3n) is 3.63. The Morgan fingerprint density at radius 3 is 3.20 bits per heavy atom. The number of nitrogens with zero attached hydrogens (tertiary/aromatic N) is 4. The summed E-state index contributed by atoms with van der Waals surface area (Å²) in [6, 6.07) is 0.191. The molecule has 1 fully saturated rings. The van der Waals surface area contributed by atoms with Gasteiger partial charge in [-0.05, 0) is 19.8 Å². The van der Waals surface area contributed by atoms with E-state index in [9.17, 15) is 0 Å². The molecule has 0 aliphatic carbocycles. The molecular formula is C13H19N5O2. The Labute approximate surface area is 117 Å². The standard InChI is InChI=1S/C13H19N5O2/c1-9(11-3-2-6-20-11)17-12-10-7-16-18(4-5-19)13(10)15-8-14-12/h7-9,11,19H,2-6H2,1H3,(H,14,15,17). The topological polar surface area (TPSA) is 85.1 Å². The van der Waals surface area contributed by atoms with E-state index in [2.05, 4.69) is 27.3 Å². The van der Waals surface area contributed by atoms with E-state index in [0.717, 1.165) is 36.3 Å². The molecule has 3 rings (SSSR count). The zero-order chi connectivity index (χ0) is 13.9. The lowest BCUT2D eigenvalue weighted by atomic mass is 10.1. The van der Waals surface area contributed by atoms with Gasteiger partial charge in [0, 0.05) is 6.61 Å². The van der Waals surface area contributed by atoms with E-state index in [4.69, 9.17) is 9.84 Å². The van der Waals surface area contributed by atoms with Crippen molar-refractivity contribution in [1.29, 1.82) is 0 Å². The largest absolute Gasteiger partial charge is 0.394 e. The third-order valence-corrected chi connectivity index (χ3v) is 3.63. The minimum absolute atomic E-state index is 0.0376. The molecule has 2 unspecified atom stereocenters. The first kappa shape index (κ1) is 13.3. The number of nitrogens with one attached hydrogen (secondary N) is 1. The van der Waals surface area contributed by atoms with Crippen LogP contribution >= 0.6 is 0 Å². The Morgan fingerprint density at radius 2 is 2.45 bits per heavy atom. The second kappa shape index (κ2) is 5.72. The first-order valence-electron chi connectivity index (χ1n) is 6.95. The Balaban J connectivity index is 1.84. The van der Waals surface area contributed by atoms with Crippen LogP contribution in [0.2, 0.25) is 0 Å². The molecule has 2 aromatic rings. The van der Waals surface area contributed by atoms with Gasteiger partial charge in [-0.25, -0.2) is 14.6 Å². The van der Waals surface area contributed by atoms with Crippen LogP contribution in [0.4, 0.5) is 5.82 Å². The maximum Gasteiger partial charge on any atom is 0.163 e. The van der Waals surface area contributed by atoms with Crippen molar-refractivity contribution >= 4 is 16.9 Å². The molecule has 0 aromatic carbocycles. The van der Waals surface area contributed by atoms with E-state index in [1.54, 1.807) is 10.9 Å². The van der Waals surface area contributed by atoms with Crippen LogP contribution in [0.5, 0.6) is 0 Å². The molecule has 3 heterocycles. The third kappa shape index (κ3) is 2.46. The lowest BCUT2D eigenvalue weighted by Gasteiger charge is -2.20. The number of anilines is 1. The van der Waals surface area contributed by atoms with Crippen molar-refractivity contribution in [3.05, 3.63) is 12.5 Å². The molecule has 0 amide bonds. The number of hydrogen-bond donors (Lipinski definition) is 2. The number of fused-ring (bicyclic) bond motifs is 1. The summed E-state index contributed by atoms with van der Waals surface area (Å²) in [5.74, 6) is 0.766. The summed E-state index contributed by atoms with van der Waals surface area (Å²) in [6.45, 7) is 3.41. The summed E-state index contributed by atoms with van der Waals surface area (Å²) < 4.78 is 7.36. The zero-order valence-electron chi connectivity index (χ0n) is 11.5. The number of aliphatic hydroxyl groups excluding tert-OH is 1. The molecule has 7 heteroatoms. The second-order valence-corrected chi connectivity index (χ2v) is 5.04. The van der Waals surface area contributed by atoms with Crippen LogP contribution in [0.25, 0.3) is 11.0 Å². The molecule has 1 aliphatic heterocycles. The average molecular weight is 277 g/mol. The fourth-order valence-corrected chi connectivity index (χ4v) is 2.57. The van der Waals surface area contributed by atoms with Crippen LogP contribution in [-0.4, -0.2) is 50.2 Å². The fourth-order valence-electron chi connectivity index (χ4n) is 2.57. The molecule has 2 N–H and O–H groups in total. The smallest absolute Gasteiger partial charge is 0.163 e. The molecule has 1 saturated heterocycles. The van der Waals surface area contributed by atoms with E-state index >= 15 is 0 Å². The van der Waals surface area contributed by atoms with Crippen LogP contribution in [0.15, 0.2) is 12.5 Å². The van der Waals surface area contributed by atoms with Gasteiger partial charge in [0.25, 0.3) is 0 Å². The average Bonchev–Trinajstić information content (AvgIpc) is 3.09. The molecule has 108 valence electrons. The van der Waals surface area contributed by atoms with Gasteiger partial charge in [-0.15, -0.1) is 0 Å². The van der Waals surface area contributed by atoms with Gasteiger partial charge in [0.1, 0.15) is 12.1 Å². The van der Waals surface area contributed by atoms with Gasteiger partial charge < -0.3 is 15.2 Å². The van der Waals surface area contributed by atoms with E-state index in [1.165, 1.54) is 6.33 Å². The Bertz CT molecular complexity index is 579. The van der Waals surface area contributed by atoms with Crippen LogP contribution in [0.3, 0.4) is 0 Å². The predicted octanol–water partition coefficient (Wildman–Crippen LogP) is 0.798. The van der Waals surface area contributed by atoms with Crippen LogP contribution in [0, 0.1) is 0 Å². The molecule has 2 atom stereocenters. The number of aromatic nitrogens is 4. The molecule has 0 spiro atoms. The van der Waals surface area contributed by atoms with Crippen molar-refractivity contribution in [3.8, 4) is 0 Å². The van der Waals surface area contributed by atoms with Crippen LogP contribution in [-0.2, 0) is 11.3 Å². The van der Waals surface area contributed by atoms with Crippen molar-refractivity contribution in [2.75, 3.05) is 18.5 Å². The molecular weight excluding hydrogens is 258 g/mol. The highest BCUT2D eigenvalue weighted by atomic mass is 16.5. The normalized spacial score (nSPS) is 20.4. The molecule has 20 heavy (non-hydrogen) atoms. The lowest BCUT2D eigenvalue weighted by molar-refractivity contribution is 0.0996. The maximum absolute atomic E-state index is 9.02. The molecule has 0 radical (unpaired) electrons. The monoisotopic (exact) mass is 277 g/mol. The highest BCUT2D eigenvalue weighted by molar-refractivity contribution is 5.86. The first-order valence-corrected chi connectivity index (χ1v) is 6.95. The second-order valence-electron chi connectivity index (χ2n) is 5.04. The van der Waals surface area contributed by atoms with Gasteiger partial charge in [-0.2, -0.15) is 5.10 Å². The number of ether oxygens (including phenoxy) is 1. The van der Waals surface area contributed by atoms with Crippen LogP contribution in [0.1, 0.15) is 19.8 Å². The molecule has 1 aliphatic rings. The quantitative estimate of drug-likeness (QED) is 0.841. The van der Waals surface area contributed by atoms with Crippen molar-refractivity contribution in [2.45, 2.75) is 38.5 Å². The maximum atomic E-state index is 9.02. The van der Waals surface area contributed by atoms with Gasteiger partial charge in [-0.3, -0.25) is 0 Å².